The smallest absolute Gasteiger partial charge is 0.226 e. The Labute approximate surface area is 116 Å². The normalized spacial score (nSPS) is 24.0. The summed E-state index contributed by atoms with van der Waals surface area (Å²) in [5.41, 5.74) is 8.13. The first-order valence-electron chi connectivity index (χ1n) is 7.35. The van der Waals surface area contributed by atoms with Crippen LogP contribution in [0.5, 0.6) is 0 Å². The van der Waals surface area contributed by atoms with Gasteiger partial charge in [-0.05, 0) is 37.7 Å². The minimum Gasteiger partial charge on any atom is -0.336 e. The number of aromatic nitrogens is 2. The highest BCUT2D eigenvalue weighted by atomic mass is 15.3. The molecule has 2 rings (SSSR count). The van der Waals surface area contributed by atoms with Crippen LogP contribution in [0.4, 0.5) is 5.95 Å². The molecule has 4 heteroatoms. The summed E-state index contributed by atoms with van der Waals surface area (Å²) in [5.74, 6) is 1.91. The summed E-state index contributed by atoms with van der Waals surface area (Å²) < 4.78 is 0. The predicted octanol–water partition coefficient (Wildman–Crippen LogP) is 2.47. The standard InChI is InChI=1S/C15H26N4/c1-10(2)13-8-12(4)17-15(18-13)19-7-5-6-11(3)14(19)9-16/h8,10-11,14H,5-7,9,16H2,1-4H3. The van der Waals surface area contributed by atoms with E-state index < -0.39 is 0 Å². The molecule has 0 saturated carbocycles. The maximum Gasteiger partial charge on any atom is 0.226 e. The molecule has 1 aromatic heterocycles. The predicted molar refractivity (Wildman–Crippen MR) is 79.4 cm³/mol. The molecule has 2 unspecified atom stereocenters. The van der Waals surface area contributed by atoms with Gasteiger partial charge >= 0.3 is 0 Å². The van der Waals surface area contributed by atoms with Crippen LogP contribution in [0.3, 0.4) is 0 Å². The van der Waals surface area contributed by atoms with E-state index in [4.69, 9.17) is 10.7 Å². The molecule has 19 heavy (non-hydrogen) atoms. The van der Waals surface area contributed by atoms with Gasteiger partial charge in [-0.25, -0.2) is 9.97 Å². The topological polar surface area (TPSA) is 55.0 Å². The molecule has 2 heterocycles. The van der Waals surface area contributed by atoms with Gasteiger partial charge in [-0.1, -0.05) is 20.8 Å². The molecule has 0 radical (unpaired) electrons. The van der Waals surface area contributed by atoms with Crippen molar-refractivity contribution in [3.63, 3.8) is 0 Å². The Hall–Kier alpha value is -1.16. The van der Waals surface area contributed by atoms with E-state index in [1.807, 2.05) is 6.92 Å². The molecule has 2 N–H and O–H groups in total. The Morgan fingerprint density at radius 2 is 2.16 bits per heavy atom. The first-order valence-corrected chi connectivity index (χ1v) is 7.35. The summed E-state index contributed by atoms with van der Waals surface area (Å²) in [6.07, 6.45) is 2.45. The quantitative estimate of drug-likeness (QED) is 0.909. The Kier molecular flexibility index (Phi) is 4.40. The van der Waals surface area contributed by atoms with Crippen LogP contribution < -0.4 is 10.6 Å². The molecule has 2 atom stereocenters. The minimum absolute atomic E-state index is 0.371. The lowest BCUT2D eigenvalue weighted by molar-refractivity contribution is 0.345. The van der Waals surface area contributed by atoms with Crippen LogP contribution in [0.1, 0.15) is 50.9 Å². The Balaban J connectivity index is 2.34. The van der Waals surface area contributed by atoms with E-state index in [0.717, 1.165) is 23.9 Å². The van der Waals surface area contributed by atoms with E-state index in [1.54, 1.807) is 0 Å². The van der Waals surface area contributed by atoms with Crippen LogP contribution in [0.2, 0.25) is 0 Å². The largest absolute Gasteiger partial charge is 0.336 e. The summed E-state index contributed by atoms with van der Waals surface area (Å²) in [7, 11) is 0. The maximum absolute atomic E-state index is 5.96. The average Bonchev–Trinajstić information content (AvgIpc) is 2.37. The summed E-state index contributed by atoms with van der Waals surface area (Å²) in [4.78, 5) is 11.7. The van der Waals surface area contributed by atoms with E-state index >= 15 is 0 Å². The van der Waals surface area contributed by atoms with Gasteiger partial charge in [0.2, 0.25) is 5.95 Å². The number of piperidine rings is 1. The molecular weight excluding hydrogens is 236 g/mol. The van der Waals surface area contributed by atoms with Gasteiger partial charge in [0.1, 0.15) is 0 Å². The second-order valence-electron chi connectivity index (χ2n) is 6.00. The van der Waals surface area contributed by atoms with E-state index in [1.165, 1.54) is 12.8 Å². The van der Waals surface area contributed by atoms with Crippen LogP contribution >= 0.6 is 0 Å². The first kappa shape index (κ1) is 14.3. The van der Waals surface area contributed by atoms with Crippen molar-refractivity contribution in [2.75, 3.05) is 18.0 Å². The third kappa shape index (κ3) is 3.06. The van der Waals surface area contributed by atoms with E-state index in [-0.39, 0.29) is 0 Å². The molecule has 1 aliphatic rings. The van der Waals surface area contributed by atoms with Gasteiger partial charge in [0, 0.05) is 30.5 Å². The van der Waals surface area contributed by atoms with Crippen molar-refractivity contribution >= 4 is 5.95 Å². The highest BCUT2D eigenvalue weighted by Crippen LogP contribution is 2.27. The number of anilines is 1. The molecule has 0 aliphatic carbocycles. The number of aryl methyl sites for hydroxylation is 1. The van der Waals surface area contributed by atoms with Gasteiger partial charge in [0.05, 0.1) is 0 Å². The third-order valence-corrected chi connectivity index (χ3v) is 4.07. The average molecular weight is 262 g/mol. The number of hydrogen-bond acceptors (Lipinski definition) is 4. The number of nitrogens with two attached hydrogens (primary N) is 1. The van der Waals surface area contributed by atoms with Crippen molar-refractivity contribution in [1.82, 2.24) is 9.97 Å². The Bertz CT molecular complexity index is 430. The van der Waals surface area contributed by atoms with Crippen molar-refractivity contribution in [2.45, 2.75) is 52.5 Å². The van der Waals surface area contributed by atoms with Gasteiger partial charge < -0.3 is 10.6 Å². The van der Waals surface area contributed by atoms with Crippen LogP contribution in [-0.4, -0.2) is 29.1 Å². The lowest BCUT2D eigenvalue weighted by Gasteiger charge is -2.39. The molecule has 1 saturated heterocycles. The second kappa shape index (κ2) is 5.87. The highest BCUT2D eigenvalue weighted by Gasteiger charge is 2.29. The lowest BCUT2D eigenvalue weighted by Crippen LogP contribution is -2.49. The second-order valence-corrected chi connectivity index (χ2v) is 6.00. The SMILES string of the molecule is Cc1cc(C(C)C)nc(N2CCCC(C)C2CN)n1. The molecule has 1 aliphatic heterocycles. The van der Waals surface area contributed by atoms with Crippen molar-refractivity contribution in [3.8, 4) is 0 Å². The monoisotopic (exact) mass is 262 g/mol. The Morgan fingerprint density at radius 1 is 1.42 bits per heavy atom. The van der Waals surface area contributed by atoms with Gasteiger partial charge in [-0.2, -0.15) is 0 Å². The fraction of sp³-hybridized carbons (Fsp3) is 0.733. The lowest BCUT2D eigenvalue weighted by atomic mass is 9.91. The van der Waals surface area contributed by atoms with E-state index in [9.17, 15) is 0 Å². The molecular formula is C15H26N4. The summed E-state index contributed by atoms with van der Waals surface area (Å²) in [6.45, 7) is 10.4. The van der Waals surface area contributed by atoms with Crippen molar-refractivity contribution in [3.05, 3.63) is 17.5 Å². The number of hydrogen-bond donors (Lipinski definition) is 1. The van der Waals surface area contributed by atoms with Gasteiger partial charge in [-0.15, -0.1) is 0 Å². The third-order valence-electron chi connectivity index (χ3n) is 4.07. The molecule has 0 amide bonds. The molecule has 0 aromatic carbocycles. The highest BCUT2D eigenvalue weighted by molar-refractivity contribution is 5.36. The van der Waals surface area contributed by atoms with Crippen LogP contribution in [0, 0.1) is 12.8 Å². The van der Waals surface area contributed by atoms with E-state index in [0.29, 0.717) is 24.4 Å². The van der Waals surface area contributed by atoms with Gasteiger partial charge in [0.15, 0.2) is 0 Å². The molecule has 1 fully saturated rings. The van der Waals surface area contributed by atoms with Crippen molar-refractivity contribution in [2.24, 2.45) is 11.7 Å². The minimum atomic E-state index is 0.371. The number of rotatable bonds is 3. The van der Waals surface area contributed by atoms with Gasteiger partial charge in [-0.3, -0.25) is 0 Å². The van der Waals surface area contributed by atoms with Crippen molar-refractivity contribution in [1.29, 1.82) is 0 Å². The zero-order valence-corrected chi connectivity index (χ0v) is 12.6. The molecule has 106 valence electrons. The fourth-order valence-electron chi connectivity index (χ4n) is 2.86. The molecule has 1 aromatic rings. The first-order chi connectivity index (χ1) is 9.02. The van der Waals surface area contributed by atoms with Crippen molar-refractivity contribution < 1.29 is 0 Å². The summed E-state index contributed by atoms with van der Waals surface area (Å²) >= 11 is 0. The summed E-state index contributed by atoms with van der Waals surface area (Å²) in [6, 6.07) is 2.45. The number of nitrogens with zero attached hydrogens (tertiary/aromatic N) is 3. The molecule has 0 bridgehead atoms. The van der Waals surface area contributed by atoms with Gasteiger partial charge in [0.25, 0.3) is 0 Å². The molecule has 0 spiro atoms. The molecule has 4 nitrogen and oxygen atoms in total. The van der Waals surface area contributed by atoms with E-state index in [2.05, 4.69) is 36.7 Å². The van der Waals surface area contributed by atoms with Crippen LogP contribution in [0.15, 0.2) is 6.07 Å². The zero-order chi connectivity index (χ0) is 14.0. The zero-order valence-electron chi connectivity index (χ0n) is 12.6. The maximum atomic E-state index is 5.96. The Morgan fingerprint density at radius 3 is 2.79 bits per heavy atom. The summed E-state index contributed by atoms with van der Waals surface area (Å²) in [5, 5.41) is 0. The van der Waals surface area contributed by atoms with Crippen LogP contribution in [0.25, 0.3) is 0 Å². The fourth-order valence-corrected chi connectivity index (χ4v) is 2.86. The van der Waals surface area contributed by atoms with Crippen LogP contribution in [-0.2, 0) is 0 Å².